The van der Waals surface area contributed by atoms with E-state index in [1.54, 1.807) is 0 Å². The van der Waals surface area contributed by atoms with Gasteiger partial charge in [0, 0.05) is 12.4 Å². The van der Waals surface area contributed by atoms with Crippen LogP contribution in [0.3, 0.4) is 0 Å². The fourth-order valence-corrected chi connectivity index (χ4v) is 2.56. The van der Waals surface area contributed by atoms with Crippen molar-refractivity contribution >= 4 is 0 Å². The molecule has 2 aromatic carbocycles. The zero-order chi connectivity index (χ0) is 14.5. The van der Waals surface area contributed by atoms with E-state index in [0.29, 0.717) is 0 Å². The van der Waals surface area contributed by atoms with Crippen LogP contribution in [0.25, 0.3) is 11.1 Å². The highest BCUT2D eigenvalue weighted by molar-refractivity contribution is 5.63. The molecular formula is C20H19N. The average molecular weight is 273 g/mol. The molecule has 104 valence electrons. The Balaban J connectivity index is 1.69. The summed E-state index contributed by atoms with van der Waals surface area (Å²) < 4.78 is 0. The lowest BCUT2D eigenvalue weighted by atomic mass is 9.99. The SMILES string of the molecule is Cc1cnccc1CCc1ccc(-c2ccccc2)cc1. The van der Waals surface area contributed by atoms with Gasteiger partial charge in [-0.3, -0.25) is 4.98 Å². The van der Waals surface area contributed by atoms with Crippen molar-refractivity contribution in [1.29, 1.82) is 0 Å². The summed E-state index contributed by atoms with van der Waals surface area (Å²) in [4.78, 5) is 4.15. The number of aryl methyl sites for hydroxylation is 3. The summed E-state index contributed by atoms with van der Waals surface area (Å²) in [7, 11) is 0. The second-order valence-electron chi connectivity index (χ2n) is 5.37. The number of benzene rings is 2. The normalized spacial score (nSPS) is 10.5. The first-order valence-corrected chi connectivity index (χ1v) is 7.37. The lowest BCUT2D eigenvalue weighted by Gasteiger charge is -2.06. The highest BCUT2D eigenvalue weighted by Gasteiger charge is 2.00. The molecule has 0 bridgehead atoms. The lowest BCUT2D eigenvalue weighted by molar-refractivity contribution is 0.942. The molecular weight excluding hydrogens is 254 g/mol. The summed E-state index contributed by atoms with van der Waals surface area (Å²) in [6.07, 6.45) is 5.95. The molecule has 0 saturated carbocycles. The van der Waals surface area contributed by atoms with Crippen molar-refractivity contribution in [2.45, 2.75) is 19.8 Å². The van der Waals surface area contributed by atoms with Crippen molar-refractivity contribution in [3.05, 3.63) is 89.7 Å². The maximum absolute atomic E-state index is 4.15. The Morgan fingerprint density at radius 3 is 2.19 bits per heavy atom. The molecule has 3 rings (SSSR count). The van der Waals surface area contributed by atoms with E-state index >= 15 is 0 Å². The molecule has 0 amide bonds. The molecule has 0 atom stereocenters. The predicted molar refractivity (Wildman–Crippen MR) is 88.3 cm³/mol. The zero-order valence-electron chi connectivity index (χ0n) is 12.3. The van der Waals surface area contributed by atoms with Gasteiger partial charge in [0.2, 0.25) is 0 Å². The van der Waals surface area contributed by atoms with Gasteiger partial charge in [0.05, 0.1) is 0 Å². The number of hydrogen-bond donors (Lipinski definition) is 0. The van der Waals surface area contributed by atoms with Crippen molar-refractivity contribution in [2.75, 3.05) is 0 Å². The minimum absolute atomic E-state index is 1.07. The first-order valence-electron chi connectivity index (χ1n) is 7.37. The van der Waals surface area contributed by atoms with Gasteiger partial charge < -0.3 is 0 Å². The molecule has 0 aliphatic carbocycles. The summed E-state index contributed by atoms with van der Waals surface area (Å²) in [5.41, 5.74) is 6.59. The molecule has 1 aromatic heterocycles. The molecule has 0 spiro atoms. The molecule has 0 saturated heterocycles. The van der Waals surface area contributed by atoms with Crippen LogP contribution in [0.2, 0.25) is 0 Å². The topological polar surface area (TPSA) is 12.9 Å². The van der Waals surface area contributed by atoms with Crippen LogP contribution >= 0.6 is 0 Å². The van der Waals surface area contributed by atoms with Gasteiger partial charge in [-0.1, -0.05) is 54.6 Å². The second-order valence-corrected chi connectivity index (χ2v) is 5.37. The van der Waals surface area contributed by atoms with Gasteiger partial charge in [-0.25, -0.2) is 0 Å². The number of pyridine rings is 1. The fourth-order valence-electron chi connectivity index (χ4n) is 2.56. The summed E-state index contributed by atoms with van der Waals surface area (Å²) in [6.45, 7) is 2.13. The van der Waals surface area contributed by atoms with Crippen LogP contribution in [0, 0.1) is 6.92 Å². The molecule has 21 heavy (non-hydrogen) atoms. The Labute approximate surface area is 126 Å². The molecule has 3 aromatic rings. The van der Waals surface area contributed by atoms with Gasteiger partial charge in [0.25, 0.3) is 0 Å². The molecule has 0 radical (unpaired) electrons. The molecule has 0 unspecified atom stereocenters. The van der Waals surface area contributed by atoms with E-state index in [2.05, 4.69) is 72.6 Å². The lowest BCUT2D eigenvalue weighted by Crippen LogP contribution is -1.94. The number of rotatable bonds is 4. The van der Waals surface area contributed by atoms with Crippen LogP contribution < -0.4 is 0 Å². The van der Waals surface area contributed by atoms with Gasteiger partial charge in [-0.15, -0.1) is 0 Å². The molecule has 0 aliphatic rings. The highest BCUT2D eigenvalue weighted by Crippen LogP contribution is 2.20. The predicted octanol–water partition coefficient (Wildman–Crippen LogP) is 4.84. The molecule has 1 heteroatoms. The molecule has 0 N–H and O–H groups in total. The van der Waals surface area contributed by atoms with Gasteiger partial charge in [-0.05, 0) is 53.6 Å². The number of nitrogens with zero attached hydrogens (tertiary/aromatic N) is 1. The third-order valence-corrected chi connectivity index (χ3v) is 3.88. The Morgan fingerprint density at radius 1 is 0.762 bits per heavy atom. The van der Waals surface area contributed by atoms with Gasteiger partial charge in [0.15, 0.2) is 0 Å². The van der Waals surface area contributed by atoms with E-state index in [1.165, 1.54) is 27.8 Å². The van der Waals surface area contributed by atoms with Crippen molar-refractivity contribution in [3.63, 3.8) is 0 Å². The van der Waals surface area contributed by atoms with E-state index in [9.17, 15) is 0 Å². The van der Waals surface area contributed by atoms with Crippen LogP contribution in [0.4, 0.5) is 0 Å². The number of aromatic nitrogens is 1. The van der Waals surface area contributed by atoms with Crippen molar-refractivity contribution < 1.29 is 0 Å². The summed E-state index contributed by atoms with van der Waals surface area (Å²) in [5.74, 6) is 0. The minimum Gasteiger partial charge on any atom is -0.264 e. The van der Waals surface area contributed by atoms with E-state index in [4.69, 9.17) is 0 Å². The van der Waals surface area contributed by atoms with Crippen LogP contribution in [-0.2, 0) is 12.8 Å². The number of hydrogen-bond acceptors (Lipinski definition) is 1. The third-order valence-electron chi connectivity index (χ3n) is 3.88. The minimum atomic E-state index is 1.07. The standard InChI is InChI=1S/C20H19N/c1-16-15-21-14-13-18(16)10-7-17-8-11-20(12-9-17)19-5-3-2-4-6-19/h2-6,8-9,11-15H,7,10H2,1H3. The summed E-state index contributed by atoms with van der Waals surface area (Å²) in [6, 6.07) is 21.5. The van der Waals surface area contributed by atoms with Gasteiger partial charge >= 0.3 is 0 Å². The van der Waals surface area contributed by atoms with Crippen molar-refractivity contribution in [2.24, 2.45) is 0 Å². The van der Waals surface area contributed by atoms with Crippen LogP contribution in [0.15, 0.2) is 73.1 Å². The summed E-state index contributed by atoms with van der Waals surface area (Å²) >= 11 is 0. The van der Waals surface area contributed by atoms with Crippen LogP contribution in [-0.4, -0.2) is 4.98 Å². The average Bonchev–Trinajstić information content (AvgIpc) is 2.55. The smallest absolute Gasteiger partial charge is 0.0299 e. The summed E-state index contributed by atoms with van der Waals surface area (Å²) in [5, 5.41) is 0. The monoisotopic (exact) mass is 273 g/mol. The third kappa shape index (κ3) is 3.38. The highest BCUT2D eigenvalue weighted by atomic mass is 14.6. The Kier molecular flexibility index (Phi) is 4.11. The second kappa shape index (κ2) is 6.36. The maximum atomic E-state index is 4.15. The van der Waals surface area contributed by atoms with Crippen molar-refractivity contribution in [1.82, 2.24) is 4.98 Å². The largest absolute Gasteiger partial charge is 0.264 e. The van der Waals surface area contributed by atoms with Crippen molar-refractivity contribution in [3.8, 4) is 11.1 Å². The van der Waals surface area contributed by atoms with Gasteiger partial charge in [-0.2, -0.15) is 0 Å². The Bertz CT molecular complexity index is 699. The maximum Gasteiger partial charge on any atom is 0.0299 e. The quantitative estimate of drug-likeness (QED) is 0.662. The molecule has 1 heterocycles. The van der Waals surface area contributed by atoms with Crippen LogP contribution in [0.5, 0.6) is 0 Å². The Morgan fingerprint density at radius 2 is 1.48 bits per heavy atom. The first kappa shape index (κ1) is 13.6. The van der Waals surface area contributed by atoms with E-state index in [-0.39, 0.29) is 0 Å². The molecule has 0 aliphatic heterocycles. The zero-order valence-corrected chi connectivity index (χ0v) is 12.3. The molecule has 0 fully saturated rings. The first-order chi connectivity index (χ1) is 10.3. The van der Waals surface area contributed by atoms with E-state index < -0.39 is 0 Å². The van der Waals surface area contributed by atoms with E-state index in [1.807, 2.05) is 12.4 Å². The Hall–Kier alpha value is -2.41. The van der Waals surface area contributed by atoms with Gasteiger partial charge in [0.1, 0.15) is 0 Å². The molecule has 1 nitrogen and oxygen atoms in total. The van der Waals surface area contributed by atoms with E-state index in [0.717, 1.165) is 12.8 Å². The fraction of sp³-hybridized carbons (Fsp3) is 0.150. The van der Waals surface area contributed by atoms with Crippen LogP contribution in [0.1, 0.15) is 16.7 Å².